The third kappa shape index (κ3) is 4.15. The van der Waals surface area contributed by atoms with Crippen LogP contribution in [0.25, 0.3) is 0 Å². The van der Waals surface area contributed by atoms with Gasteiger partial charge >= 0.3 is 0 Å². The number of aliphatic hydroxyl groups is 1. The van der Waals surface area contributed by atoms with Crippen LogP contribution >= 0.6 is 0 Å². The molecule has 0 radical (unpaired) electrons. The quantitative estimate of drug-likeness (QED) is 0.775. The van der Waals surface area contributed by atoms with Crippen molar-refractivity contribution < 1.29 is 9.50 Å². The predicted molar refractivity (Wildman–Crippen MR) is 71.1 cm³/mol. The molecule has 2 N–H and O–H groups in total. The highest BCUT2D eigenvalue weighted by molar-refractivity contribution is 5.18. The van der Waals surface area contributed by atoms with Crippen LogP contribution < -0.4 is 5.32 Å². The molecule has 0 fully saturated rings. The molecule has 102 valence electrons. The average molecular weight is 263 g/mol. The molecule has 1 heterocycles. The molecule has 0 amide bonds. The Kier molecular flexibility index (Phi) is 4.65. The van der Waals surface area contributed by atoms with Crippen molar-refractivity contribution in [1.29, 1.82) is 0 Å². The Balaban J connectivity index is 1.73. The van der Waals surface area contributed by atoms with Crippen molar-refractivity contribution in [2.24, 2.45) is 7.05 Å². The molecule has 0 saturated carbocycles. The summed E-state index contributed by atoms with van der Waals surface area (Å²) in [6.45, 7) is 1.12. The molecular formula is C14H18FN3O. The van der Waals surface area contributed by atoms with E-state index in [-0.39, 0.29) is 5.82 Å². The molecule has 0 aliphatic carbocycles. The van der Waals surface area contributed by atoms with E-state index in [1.165, 1.54) is 12.1 Å². The zero-order valence-electron chi connectivity index (χ0n) is 10.9. The lowest BCUT2D eigenvalue weighted by molar-refractivity contribution is 0.174. The van der Waals surface area contributed by atoms with Crippen LogP contribution in [0.5, 0.6) is 0 Å². The monoisotopic (exact) mass is 263 g/mol. The normalized spacial score (nSPS) is 12.6. The van der Waals surface area contributed by atoms with Gasteiger partial charge in [-0.3, -0.25) is 4.68 Å². The zero-order valence-corrected chi connectivity index (χ0v) is 10.9. The Morgan fingerprint density at radius 1 is 1.42 bits per heavy atom. The second kappa shape index (κ2) is 6.45. The van der Waals surface area contributed by atoms with Gasteiger partial charge in [0.25, 0.3) is 0 Å². The van der Waals surface area contributed by atoms with Gasteiger partial charge in [0.1, 0.15) is 5.82 Å². The van der Waals surface area contributed by atoms with Crippen LogP contribution in [-0.2, 0) is 13.5 Å². The van der Waals surface area contributed by atoms with Crippen LogP contribution in [0.4, 0.5) is 4.39 Å². The first-order valence-electron chi connectivity index (χ1n) is 6.28. The summed E-state index contributed by atoms with van der Waals surface area (Å²) in [5.74, 6) is -0.329. The summed E-state index contributed by atoms with van der Waals surface area (Å²) in [4.78, 5) is 0. The Labute approximate surface area is 111 Å². The molecule has 2 rings (SSSR count). The van der Waals surface area contributed by atoms with Gasteiger partial charge < -0.3 is 10.4 Å². The third-order valence-corrected chi connectivity index (χ3v) is 2.90. The van der Waals surface area contributed by atoms with E-state index in [1.807, 2.05) is 19.3 Å². The standard InChI is InChI=1S/C14H18FN3O/c1-18-8-6-13(17-18)5-7-16-10-14(19)11-3-2-4-12(15)9-11/h2-4,6,8-9,14,16,19H,5,7,10H2,1H3. The number of aliphatic hydroxyl groups excluding tert-OH is 1. The summed E-state index contributed by atoms with van der Waals surface area (Å²) in [5, 5.41) is 17.3. The van der Waals surface area contributed by atoms with Crippen molar-refractivity contribution >= 4 is 0 Å². The van der Waals surface area contributed by atoms with Crippen LogP contribution in [0.15, 0.2) is 36.5 Å². The molecule has 5 heteroatoms. The molecule has 19 heavy (non-hydrogen) atoms. The number of benzene rings is 1. The van der Waals surface area contributed by atoms with E-state index >= 15 is 0 Å². The number of aromatic nitrogens is 2. The first kappa shape index (κ1) is 13.7. The van der Waals surface area contributed by atoms with Gasteiger partial charge in [0, 0.05) is 32.8 Å². The van der Waals surface area contributed by atoms with Gasteiger partial charge in [-0.1, -0.05) is 12.1 Å². The molecule has 0 aliphatic heterocycles. The van der Waals surface area contributed by atoms with Gasteiger partial charge in [-0.2, -0.15) is 5.10 Å². The average Bonchev–Trinajstić information content (AvgIpc) is 2.80. The van der Waals surface area contributed by atoms with Crippen LogP contribution in [0.1, 0.15) is 17.4 Å². The van der Waals surface area contributed by atoms with Crippen molar-refractivity contribution in [3.05, 3.63) is 53.6 Å². The number of nitrogens with one attached hydrogen (secondary N) is 1. The maximum Gasteiger partial charge on any atom is 0.123 e. The molecule has 1 aromatic heterocycles. The Hall–Kier alpha value is -1.72. The second-order valence-corrected chi connectivity index (χ2v) is 4.51. The van der Waals surface area contributed by atoms with E-state index in [0.29, 0.717) is 12.1 Å². The second-order valence-electron chi connectivity index (χ2n) is 4.51. The SMILES string of the molecule is Cn1ccc(CCNCC(O)c2cccc(F)c2)n1. The number of nitrogens with zero attached hydrogens (tertiary/aromatic N) is 2. The highest BCUT2D eigenvalue weighted by Gasteiger charge is 2.07. The van der Waals surface area contributed by atoms with Gasteiger partial charge in [-0.25, -0.2) is 4.39 Å². The fourth-order valence-electron chi connectivity index (χ4n) is 1.88. The largest absolute Gasteiger partial charge is 0.387 e. The van der Waals surface area contributed by atoms with Crippen molar-refractivity contribution in [2.45, 2.75) is 12.5 Å². The molecule has 4 nitrogen and oxygen atoms in total. The van der Waals surface area contributed by atoms with E-state index in [1.54, 1.807) is 16.8 Å². The van der Waals surface area contributed by atoms with E-state index in [0.717, 1.165) is 18.7 Å². The number of hydrogen-bond donors (Lipinski definition) is 2. The van der Waals surface area contributed by atoms with Gasteiger partial charge in [0.15, 0.2) is 0 Å². The number of aryl methyl sites for hydroxylation is 1. The van der Waals surface area contributed by atoms with E-state index in [9.17, 15) is 9.50 Å². The predicted octanol–water partition coefficient (Wildman–Crippen LogP) is 1.42. The number of hydrogen-bond acceptors (Lipinski definition) is 3. The maximum absolute atomic E-state index is 13.0. The molecular weight excluding hydrogens is 245 g/mol. The number of halogens is 1. The van der Waals surface area contributed by atoms with E-state index in [4.69, 9.17) is 0 Å². The third-order valence-electron chi connectivity index (χ3n) is 2.90. The lowest BCUT2D eigenvalue weighted by atomic mass is 10.1. The minimum absolute atomic E-state index is 0.329. The minimum atomic E-state index is -0.695. The first-order chi connectivity index (χ1) is 9.15. The summed E-state index contributed by atoms with van der Waals surface area (Å²) in [6.07, 6.45) is 2.01. The van der Waals surface area contributed by atoms with E-state index < -0.39 is 6.10 Å². The first-order valence-corrected chi connectivity index (χ1v) is 6.28. The summed E-state index contributed by atoms with van der Waals surface area (Å²) in [5.41, 5.74) is 1.60. The molecule has 1 aromatic carbocycles. The van der Waals surface area contributed by atoms with Crippen LogP contribution in [0, 0.1) is 5.82 Å². The molecule has 0 saturated heterocycles. The van der Waals surface area contributed by atoms with Crippen molar-refractivity contribution in [3.8, 4) is 0 Å². The lowest BCUT2D eigenvalue weighted by Crippen LogP contribution is -2.24. The van der Waals surface area contributed by atoms with Gasteiger partial charge in [0.05, 0.1) is 11.8 Å². The Bertz CT molecular complexity index is 527. The fourth-order valence-corrected chi connectivity index (χ4v) is 1.88. The van der Waals surface area contributed by atoms with Crippen LogP contribution in [0.2, 0.25) is 0 Å². The van der Waals surface area contributed by atoms with Gasteiger partial charge in [0.2, 0.25) is 0 Å². The molecule has 0 bridgehead atoms. The summed E-state index contributed by atoms with van der Waals surface area (Å²) < 4.78 is 14.8. The molecule has 2 aromatic rings. The molecule has 1 atom stereocenters. The topological polar surface area (TPSA) is 50.1 Å². The molecule has 1 unspecified atom stereocenters. The fraction of sp³-hybridized carbons (Fsp3) is 0.357. The van der Waals surface area contributed by atoms with Gasteiger partial charge in [-0.15, -0.1) is 0 Å². The lowest BCUT2D eigenvalue weighted by Gasteiger charge is -2.11. The summed E-state index contributed by atoms with van der Waals surface area (Å²) in [6, 6.07) is 8.00. The zero-order chi connectivity index (χ0) is 13.7. The maximum atomic E-state index is 13.0. The van der Waals surface area contributed by atoms with E-state index in [2.05, 4.69) is 10.4 Å². The van der Waals surface area contributed by atoms with Gasteiger partial charge in [-0.05, 0) is 23.8 Å². The van der Waals surface area contributed by atoms with Crippen molar-refractivity contribution in [1.82, 2.24) is 15.1 Å². The highest BCUT2D eigenvalue weighted by atomic mass is 19.1. The summed E-state index contributed by atoms with van der Waals surface area (Å²) in [7, 11) is 1.88. The molecule has 0 aliphatic rings. The highest BCUT2D eigenvalue weighted by Crippen LogP contribution is 2.12. The summed E-state index contributed by atoms with van der Waals surface area (Å²) >= 11 is 0. The molecule has 0 spiro atoms. The Morgan fingerprint density at radius 2 is 2.26 bits per heavy atom. The van der Waals surface area contributed by atoms with Crippen molar-refractivity contribution in [2.75, 3.05) is 13.1 Å². The Morgan fingerprint density at radius 3 is 2.95 bits per heavy atom. The van der Waals surface area contributed by atoms with Crippen LogP contribution in [-0.4, -0.2) is 28.0 Å². The number of rotatable bonds is 6. The van der Waals surface area contributed by atoms with Crippen LogP contribution in [0.3, 0.4) is 0 Å². The smallest absolute Gasteiger partial charge is 0.123 e. The minimum Gasteiger partial charge on any atom is -0.387 e. The van der Waals surface area contributed by atoms with Crippen molar-refractivity contribution in [3.63, 3.8) is 0 Å².